The van der Waals surface area contributed by atoms with Gasteiger partial charge in [-0.1, -0.05) is 24.3 Å². The monoisotopic (exact) mass is 385 g/mol. The summed E-state index contributed by atoms with van der Waals surface area (Å²) < 4.78 is 25.2. The van der Waals surface area contributed by atoms with Crippen molar-refractivity contribution in [3.05, 3.63) is 59.4 Å². The average Bonchev–Trinajstić information content (AvgIpc) is 2.95. The van der Waals surface area contributed by atoms with Crippen molar-refractivity contribution in [2.24, 2.45) is 5.92 Å². The van der Waals surface area contributed by atoms with E-state index in [1.54, 1.807) is 25.3 Å². The van der Waals surface area contributed by atoms with Crippen LogP contribution >= 0.6 is 0 Å². The largest absolute Gasteiger partial charge is 0.493 e. The zero-order chi connectivity index (χ0) is 19.5. The van der Waals surface area contributed by atoms with Crippen molar-refractivity contribution >= 4 is 0 Å². The second kappa shape index (κ2) is 8.50. The lowest BCUT2D eigenvalue weighted by Gasteiger charge is -2.38. The van der Waals surface area contributed by atoms with Crippen LogP contribution in [0.3, 0.4) is 0 Å². The molecule has 1 unspecified atom stereocenters. The van der Waals surface area contributed by atoms with Gasteiger partial charge in [0.05, 0.1) is 7.11 Å². The summed E-state index contributed by atoms with van der Waals surface area (Å²) in [5.74, 6) is 1.48. The Balaban J connectivity index is 1.47. The van der Waals surface area contributed by atoms with Gasteiger partial charge in [0.2, 0.25) is 0 Å². The minimum absolute atomic E-state index is 0.166. The van der Waals surface area contributed by atoms with Gasteiger partial charge < -0.3 is 14.6 Å². The highest BCUT2D eigenvalue weighted by Gasteiger charge is 2.40. The van der Waals surface area contributed by atoms with Gasteiger partial charge in [0.1, 0.15) is 12.4 Å². The Kier molecular flexibility index (Phi) is 5.83. The van der Waals surface area contributed by atoms with Gasteiger partial charge in [-0.2, -0.15) is 0 Å². The predicted octanol–water partition coefficient (Wildman–Crippen LogP) is 4.15. The van der Waals surface area contributed by atoms with Gasteiger partial charge >= 0.3 is 0 Å². The smallest absolute Gasteiger partial charge is 0.161 e. The number of rotatable bonds is 7. The quantitative estimate of drug-likeness (QED) is 0.778. The summed E-state index contributed by atoms with van der Waals surface area (Å²) in [6, 6.07) is 13.8. The molecule has 2 aliphatic heterocycles. The molecule has 2 aliphatic rings. The van der Waals surface area contributed by atoms with E-state index in [1.165, 1.54) is 24.5 Å². The number of aliphatic hydroxyl groups excluding tert-OH is 1. The first kappa shape index (κ1) is 19.2. The Morgan fingerprint density at radius 1 is 1.07 bits per heavy atom. The molecule has 0 spiro atoms. The summed E-state index contributed by atoms with van der Waals surface area (Å²) in [5, 5.41) is 9.52. The molecule has 4 nitrogen and oxygen atoms in total. The molecule has 0 amide bonds. The highest BCUT2D eigenvalue weighted by Crippen LogP contribution is 2.40. The maximum atomic E-state index is 13.9. The highest BCUT2D eigenvalue weighted by atomic mass is 19.1. The zero-order valence-electron chi connectivity index (χ0n) is 16.3. The molecule has 5 heteroatoms. The van der Waals surface area contributed by atoms with E-state index in [4.69, 9.17) is 9.47 Å². The van der Waals surface area contributed by atoms with E-state index in [2.05, 4.69) is 11.0 Å². The van der Waals surface area contributed by atoms with Crippen LogP contribution in [-0.4, -0.2) is 35.8 Å². The second-order valence-electron chi connectivity index (χ2n) is 7.94. The van der Waals surface area contributed by atoms with Crippen LogP contribution in [0.15, 0.2) is 42.5 Å². The van der Waals surface area contributed by atoms with Crippen LogP contribution in [0.5, 0.6) is 11.5 Å². The van der Waals surface area contributed by atoms with Gasteiger partial charge in [-0.3, -0.25) is 4.90 Å². The van der Waals surface area contributed by atoms with Crippen LogP contribution in [-0.2, 0) is 13.2 Å². The molecular formula is C23H28FNO3. The topological polar surface area (TPSA) is 41.9 Å². The van der Waals surface area contributed by atoms with E-state index < -0.39 is 0 Å². The van der Waals surface area contributed by atoms with Crippen LogP contribution < -0.4 is 9.47 Å². The number of benzene rings is 2. The summed E-state index contributed by atoms with van der Waals surface area (Å²) in [7, 11) is 1.62. The number of hydrogen-bond acceptors (Lipinski definition) is 4. The fraction of sp³-hybridized carbons (Fsp3) is 0.478. The fourth-order valence-electron chi connectivity index (χ4n) is 4.71. The lowest BCUT2D eigenvalue weighted by molar-refractivity contribution is 0.0682. The molecule has 4 rings (SSSR count). The van der Waals surface area contributed by atoms with Crippen LogP contribution in [0.4, 0.5) is 4.39 Å². The molecule has 2 fully saturated rings. The van der Waals surface area contributed by atoms with Crippen LogP contribution in [0.2, 0.25) is 0 Å². The zero-order valence-corrected chi connectivity index (χ0v) is 16.3. The molecule has 0 saturated carbocycles. The maximum Gasteiger partial charge on any atom is 0.161 e. The fourth-order valence-corrected chi connectivity index (χ4v) is 4.71. The van der Waals surface area contributed by atoms with Gasteiger partial charge in [0, 0.05) is 30.8 Å². The molecule has 2 heterocycles. The van der Waals surface area contributed by atoms with E-state index in [-0.39, 0.29) is 12.4 Å². The lowest BCUT2D eigenvalue weighted by atomic mass is 9.91. The molecule has 0 aromatic heterocycles. The number of ether oxygens (including phenoxy) is 2. The molecule has 2 aromatic carbocycles. The van der Waals surface area contributed by atoms with E-state index in [9.17, 15) is 9.50 Å². The van der Waals surface area contributed by atoms with E-state index in [1.807, 2.05) is 12.1 Å². The number of piperidine rings is 1. The molecule has 28 heavy (non-hydrogen) atoms. The summed E-state index contributed by atoms with van der Waals surface area (Å²) >= 11 is 0. The molecule has 2 bridgehead atoms. The molecule has 2 saturated heterocycles. The third kappa shape index (κ3) is 4.01. The van der Waals surface area contributed by atoms with Crippen LogP contribution in [0, 0.1) is 11.7 Å². The molecule has 3 atom stereocenters. The van der Waals surface area contributed by atoms with Crippen molar-refractivity contribution in [3.8, 4) is 11.5 Å². The standard InChI is InChI=1S/C23H28FNO3/c1-27-22-9-6-16(12-23(22)28-15-18-4-2-3-5-21(18)24)13-25-19-7-8-20(25)11-17(10-19)14-26/h2-6,9,12,17,19-20,26H,7-8,10-11,13-15H2,1H3/t17?,19-,20+. The lowest BCUT2D eigenvalue weighted by Crippen LogP contribution is -2.43. The Labute approximate surface area is 165 Å². The third-order valence-electron chi connectivity index (χ3n) is 6.17. The number of fused-ring (bicyclic) bond motifs is 2. The first-order chi connectivity index (χ1) is 13.7. The molecule has 0 radical (unpaired) electrons. The SMILES string of the molecule is COc1ccc(CN2[C@@H]3CC[C@H]2CC(CO)C3)cc1OCc1ccccc1F. The van der Waals surface area contributed by atoms with Gasteiger partial charge in [-0.25, -0.2) is 4.39 Å². The van der Waals surface area contributed by atoms with Gasteiger partial charge in [0.15, 0.2) is 11.5 Å². The summed E-state index contributed by atoms with van der Waals surface area (Å²) in [5.41, 5.74) is 1.70. The normalized spacial score (nSPS) is 24.3. The minimum atomic E-state index is -0.263. The Morgan fingerprint density at radius 2 is 1.82 bits per heavy atom. The number of nitrogens with zero attached hydrogens (tertiary/aromatic N) is 1. The summed E-state index contributed by atoms with van der Waals surface area (Å²) in [6.45, 7) is 1.34. The Bertz CT molecular complexity index is 798. The Hall–Kier alpha value is -2.11. The number of methoxy groups -OCH3 is 1. The number of halogens is 1. The molecular weight excluding hydrogens is 357 g/mol. The summed E-state index contributed by atoms with van der Waals surface area (Å²) in [4.78, 5) is 2.58. The number of hydrogen-bond donors (Lipinski definition) is 1. The average molecular weight is 385 g/mol. The van der Waals surface area contributed by atoms with Crippen molar-refractivity contribution in [1.29, 1.82) is 0 Å². The highest BCUT2D eigenvalue weighted by molar-refractivity contribution is 5.43. The van der Waals surface area contributed by atoms with Crippen molar-refractivity contribution in [3.63, 3.8) is 0 Å². The van der Waals surface area contributed by atoms with E-state index >= 15 is 0 Å². The van der Waals surface area contributed by atoms with Gasteiger partial charge in [0.25, 0.3) is 0 Å². The van der Waals surface area contributed by atoms with Crippen LogP contribution in [0.1, 0.15) is 36.8 Å². The minimum Gasteiger partial charge on any atom is -0.493 e. The third-order valence-corrected chi connectivity index (χ3v) is 6.17. The van der Waals surface area contributed by atoms with Crippen molar-refractivity contribution in [2.75, 3.05) is 13.7 Å². The second-order valence-corrected chi connectivity index (χ2v) is 7.94. The van der Waals surface area contributed by atoms with Gasteiger partial charge in [-0.15, -0.1) is 0 Å². The molecule has 150 valence electrons. The van der Waals surface area contributed by atoms with E-state index in [0.29, 0.717) is 41.7 Å². The summed E-state index contributed by atoms with van der Waals surface area (Å²) in [6.07, 6.45) is 4.60. The van der Waals surface area contributed by atoms with Gasteiger partial charge in [-0.05, 0) is 55.4 Å². The predicted molar refractivity (Wildman–Crippen MR) is 106 cm³/mol. The molecule has 2 aromatic rings. The van der Waals surface area contributed by atoms with E-state index in [0.717, 1.165) is 19.4 Å². The maximum absolute atomic E-state index is 13.9. The number of aliphatic hydroxyl groups is 1. The van der Waals surface area contributed by atoms with Crippen molar-refractivity contribution in [2.45, 2.75) is 50.9 Å². The van der Waals surface area contributed by atoms with Crippen molar-refractivity contribution in [1.82, 2.24) is 4.90 Å². The molecule has 0 aliphatic carbocycles. The first-order valence-electron chi connectivity index (χ1n) is 10.1. The van der Waals surface area contributed by atoms with Crippen LogP contribution in [0.25, 0.3) is 0 Å². The Morgan fingerprint density at radius 3 is 2.50 bits per heavy atom. The first-order valence-corrected chi connectivity index (χ1v) is 10.1. The van der Waals surface area contributed by atoms with Crippen molar-refractivity contribution < 1.29 is 19.0 Å². The molecule has 1 N–H and O–H groups in total.